The predicted molar refractivity (Wildman–Crippen MR) is 96.0 cm³/mol. The zero-order chi connectivity index (χ0) is 18.0. The van der Waals surface area contributed by atoms with Crippen molar-refractivity contribution in [2.45, 2.75) is 20.8 Å². The van der Waals surface area contributed by atoms with Crippen LogP contribution in [-0.2, 0) is 9.47 Å². The number of fused-ring (bicyclic) bond motifs is 1. The van der Waals surface area contributed by atoms with Crippen LogP contribution in [0.1, 0.15) is 28.4 Å². The molecule has 1 aliphatic rings. The molecule has 1 saturated heterocycles. The monoisotopic (exact) mass is 344 g/mol. The third-order valence-electron chi connectivity index (χ3n) is 4.85. The second kappa shape index (κ2) is 6.98. The Balaban J connectivity index is 2.05. The molecule has 1 aromatic carbocycles. The molecule has 6 heteroatoms. The Labute approximate surface area is 147 Å². The van der Waals surface area contributed by atoms with Gasteiger partial charge >= 0.3 is 5.97 Å². The number of esters is 1. The quantitative estimate of drug-likeness (QED) is 0.784. The van der Waals surface area contributed by atoms with E-state index in [0.717, 1.165) is 22.0 Å². The van der Waals surface area contributed by atoms with Crippen molar-refractivity contribution >= 4 is 22.6 Å². The number of pyridine rings is 1. The van der Waals surface area contributed by atoms with Crippen LogP contribution in [0.4, 0.5) is 5.69 Å². The number of hydrogen-bond acceptors (Lipinski definition) is 6. The maximum atomic E-state index is 12.4. The van der Waals surface area contributed by atoms with Crippen LogP contribution in [0.25, 0.3) is 10.9 Å². The number of nitrogens with one attached hydrogen (secondary N) is 1. The van der Waals surface area contributed by atoms with E-state index in [9.17, 15) is 9.90 Å². The second-order valence-corrected chi connectivity index (χ2v) is 6.68. The number of rotatable bonds is 6. The summed E-state index contributed by atoms with van der Waals surface area (Å²) in [5, 5.41) is 13.9. The summed E-state index contributed by atoms with van der Waals surface area (Å²) < 4.78 is 10.4. The number of carbonyl (C=O) groups is 1. The Bertz CT molecular complexity index is 794. The van der Waals surface area contributed by atoms with E-state index >= 15 is 0 Å². The van der Waals surface area contributed by atoms with Gasteiger partial charge in [-0.25, -0.2) is 4.79 Å². The van der Waals surface area contributed by atoms with Gasteiger partial charge in [0.2, 0.25) is 0 Å². The summed E-state index contributed by atoms with van der Waals surface area (Å²) >= 11 is 0. The third-order valence-corrected chi connectivity index (χ3v) is 4.85. The van der Waals surface area contributed by atoms with Crippen LogP contribution in [0.2, 0.25) is 0 Å². The summed E-state index contributed by atoms with van der Waals surface area (Å²) in [6.07, 6.45) is 1.57. The number of benzene rings is 1. The van der Waals surface area contributed by atoms with E-state index in [2.05, 4.69) is 10.3 Å². The van der Waals surface area contributed by atoms with Gasteiger partial charge in [-0.1, -0.05) is 12.1 Å². The van der Waals surface area contributed by atoms with Crippen LogP contribution in [0.15, 0.2) is 18.3 Å². The summed E-state index contributed by atoms with van der Waals surface area (Å²) in [5.74, 6) is -0.402. The molecule has 6 nitrogen and oxygen atoms in total. The molecule has 0 aliphatic carbocycles. The largest absolute Gasteiger partial charge is 0.462 e. The smallest absolute Gasteiger partial charge is 0.341 e. The molecule has 0 spiro atoms. The number of aryl methyl sites for hydroxylation is 2. The molecule has 0 bridgehead atoms. The van der Waals surface area contributed by atoms with Gasteiger partial charge in [-0.05, 0) is 31.9 Å². The average molecular weight is 344 g/mol. The lowest BCUT2D eigenvalue weighted by Crippen LogP contribution is -2.50. The number of aromatic nitrogens is 1. The van der Waals surface area contributed by atoms with Crippen molar-refractivity contribution in [2.75, 3.05) is 38.3 Å². The first-order valence-electron chi connectivity index (χ1n) is 8.50. The Morgan fingerprint density at radius 2 is 2.16 bits per heavy atom. The van der Waals surface area contributed by atoms with Gasteiger partial charge in [-0.2, -0.15) is 0 Å². The van der Waals surface area contributed by atoms with Gasteiger partial charge in [-0.3, -0.25) is 4.98 Å². The lowest BCUT2D eigenvalue weighted by molar-refractivity contribution is -0.128. The number of aliphatic hydroxyl groups is 1. The molecule has 3 rings (SSSR count). The first-order chi connectivity index (χ1) is 12.0. The molecule has 1 aromatic heterocycles. The lowest BCUT2D eigenvalue weighted by Gasteiger charge is -2.40. The van der Waals surface area contributed by atoms with Crippen LogP contribution in [-0.4, -0.2) is 49.0 Å². The van der Waals surface area contributed by atoms with Crippen LogP contribution in [0.3, 0.4) is 0 Å². The van der Waals surface area contributed by atoms with Crippen molar-refractivity contribution in [1.29, 1.82) is 0 Å². The minimum absolute atomic E-state index is 0.0376. The van der Waals surface area contributed by atoms with Gasteiger partial charge < -0.3 is 19.9 Å². The van der Waals surface area contributed by atoms with Crippen LogP contribution >= 0.6 is 0 Å². The fraction of sp³-hybridized carbons (Fsp3) is 0.474. The maximum absolute atomic E-state index is 12.4. The van der Waals surface area contributed by atoms with Crippen molar-refractivity contribution in [3.63, 3.8) is 0 Å². The molecule has 0 amide bonds. The summed E-state index contributed by atoms with van der Waals surface area (Å²) in [4.78, 5) is 16.9. The van der Waals surface area contributed by atoms with Crippen molar-refractivity contribution < 1.29 is 19.4 Å². The van der Waals surface area contributed by atoms with Gasteiger partial charge in [0.05, 0.1) is 43.0 Å². The van der Waals surface area contributed by atoms with E-state index in [1.807, 2.05) is 26.0 Å². The van der Waals surface area contributed by atoms with Gasteiger partial charge in [0.25, 0.3) is 0 Å². The third kappa shape index (κ3) is 3.19. The molecule has 0 unspecified atom stereocenters. The van der Waals surface area contributed by atoms with Crippen molar-refractivity contribution in [3.8, 4) is 0 Å². The fourth-order valence-corrected chi connectivity index (χ4v) is 2.98. The Kier molecular flexibility index (Phi) is 4.92. The van der Waals surface area contributed by atoms with Crippen LogP contribution in [0, 0.1) is 19.3 Å². The molecule has 134 valence electrons. The van der Waals surface area contributed by atoms with E-state index in [4.69, 9.17) is 9.47 Å². The number of carbonyl (C=O) groups excluding carboxylic acids is 1. The lowest BCUT2D eigenvalue weighted by atomic mass is 9.87. The number of nitrogens with zero attached hydrogens (tertiary/aromatic N) is 1. The summed E-state index contributed by atoms with van der Waals surface area (Å²) in [7, 11) is 0. The average Bonchev–Trinajstić information content (AvgIpc) is 2.57. The minimum Gasteiger partial charge on any atom is -0.462 e. The summed E-state index contributed by atoms with van der Waals surface area (Å²) in [5.41, 5.74) is 3.89. The van der Waals surface area contributed by atoms with Crippen molar-refractivity contribution in [1.82, 2.24) is 4.98 Å². The van der Waals surface area contributed by atoms with Crippen molar-refractivity contribution in [3.05, 3.63) is 35.0 Å². The predicted octanol–water partition coefficient (Wildman–Crippen LogP) is 2.45. The van der Waals surface area contributed by atoms with E-state index in [1.165, 1.54) is 0 Å². The highest BCUT2D eigenvalue weighted by Crippen LogP contribution is 2.33. The highest BCUT2D eigenvalue weighted by atomic mass is 16.5. The summed E-state index contributed by atoms with van der Waals surface area (Å²) in [6, 6.07) is 3.99. The van der Waals surface area contributed by atoms with Crippen LogP contribution in [0.5, 0.6) is 0 Å². The molecule has 25 heavy (non-hydrogen) atoms. The molecule has 1 fully saturated rings. The Hall–Kier alpha value is -2.18. The molecule has 1 aliphatic heterocycles. The molecule has 2 N–H and O–H groups in total. The van der Waals surface area contributed by atoms with E-state index in [1.54, 1.807) is 13.1 Å². The molecule has 2 heterocycles. The first-order valence-corrected chi connectivity index (χ1v) is 8.50. The topological polar surface area (TPSA) is 80.7 Å². The number of anilines is 1. The Morgan fingerprint density at radius 1 is 1.40 bits per heavy atom. The van der Waals surface area contributed by atoms with Gasteiger partial charge in [0.15, 0.2) is 0 Å². The molecule has 2 aromatic rings. The molecule has 0 atom stereocenters. The van der Waals surface area contributed by atoms with Gasteiger partial charge in [-0.15, -0.1) is 0 Å². The summed E-state index contributed by atoms with van der Waals surface area (Å²) in [6.45, 7) is 7.70. The second-order valence-electron chi connectivity index (χ2n) is 6.68. The standard InChI is InChI=1S/C19H24N2O4/c1-4-25-18(23)15-7-20-16-13(3)12(2)5-6-14(16)17(15)21-8-19(9-22)10-24-11-19/h5-7,22H,4,8-11H2,1-3H3,(H,20,21). The number of ether oxygens (including phenoxy) is 2. The minimum atomic E-state index is -0.402. The zero-order valence-corrected chi connectivity index (χ0v) is 14.9. The fourth-order valence-electron chi connectivity index (χ4n) is 2.98. The van der Waals surface area contributed by atoms with E-state index in [-0.39, 0.29) is 12.0 Å². The SMILES string of the molecule is CCOC(=O)c1cnc2c(C)c(C)ccc2c1NCC1(CO)COC1. The Morgan fingerprint density at radius 3 is 2.76 bits per heavy atom. The van der Waals surface area contributed by atoms with Crippen molar-refractivity contribution in [2.24, 2.45) is 5.41 Å². The van der Waals surface area contributed by atoms with Gasteiger partial charge in [0.1, 0.15) is 5.56 Å². The van der Waals surface area contributed by atoms with Crippen LogP contribution < -0.4 is 5.32 Å². The normalized spacial score (nSPS) is 15.7. The number of aliphatic hydroxyl groups excluding tert-OH is 1. The molecule has 0 saturated carbocycles. The molecular formula is C19H24N2O4. The highest BCUT2D eigenvalue weighted by molar-refractivity contribution is 6.05. The van der Waals surface area contributed by atoms with E-state index < -0.39 is 5.97 Å². The first kappa shape index (κ1) is 17.6. The molecule has 0 radical (unpaired) electrons. The zero-order valence-electron chi connectivity index (χ0n) is 14.9. The maximum Gasteiger partial charge on any atom is 0.341 e. The van der Waals surface area contributed by atoms with E-state index in [0.29, 0.717) is 37.6 Å². The van der Waals surface area contributed by atoms with Gasteiger partial charge in [0, 0.05) is 18.1 Å². The number of hydrogen-bond donors (Lipinski definition) is 2. The highest BCUT2D eigenvalue weighted by Gasteiger charge is 2.38. The molecular weight excluding hydrogens is 320 g/mol.